The maximum Gasteiger partial charge on any atom is 0.251 e. The Morgan fingerprint density at radius 2 is 1.75 bits per heavy atom. The molecule has 0 bridgehead atoms. The molecule has 0 spiro atoms. The Hall–Kier alpha value is -1.68. The average Bonchev–Trinajstić information content (AvgIpc) is 2.65. The molecule has 2 rings (SSSR count). The van der Waals surface area contributed by atoms with Gasteiger partial charge in [0.1, 0.15) is 5.75 Å². The number of sulfone groups is 1. The molecule has 0 saturated carbocycles. The molecule has 0 aromatic heterocycles. The van der Waals surface area contributed by atoms with Gasteiger partial charge in [0.15, 0.2) is 9.84 Å². The van der Waals surface area contributed by atoms with Gasteiger partial charge in [0.25, 0.3) is 5.91 Å². The first kappa shape index (κ1) is 24.4. The fraction of sp³-hybridized carbons (Fsp3) is 0.556. The van der Waals surface area contributed by atoms with E-state index in [0.29, 0.717) is 12.1 Å². The molecular formula is C18H29ClN4O4S. The van der Waals surface area contributed by atoms with Crippen molar-refractivity contribution in [1.29, 1.82) is 0 Å². The molecule has 1 aromatic rings. The van der Waals surface area contributed by atoms with Gasteiger partial charge in [-0.25, -0.2) is 8.42 Å². The van der Waals surface area contributed by atoms with Crippen molar-refractivity contribution in [2.75, 3.05) is 59.1 Å². The van der Waals surface area contributed by atoms with Crippen molar-refractivity contribution in [3.05, 3.63) is 29.8 Å². The Balaban J connectivity index is 0.00000392. The first-order chi connectivity index (χ1) is 12.8. The van der Waals surface area contributed by atoms with Crippen LogP contribution in [0.2, 0.25) is 0 Å². The van der Waals surface area contributed by atoms with E-state index in [1.54, 1.807) is 0 Å². The third-order valence-corrected chi connectivity index (χ3v) is 6.05. The topological polar surface area (TPSA) is 98.8 Å². The van der Waals surface area contributed by atoms with Crippen LogP contribution in [-0.4, -0.2) is 89.1 Å². The SMILES string of the molecule is CN(C)C(=O)CS(=O)(=O)c1ccc(C(=O)NCCCN2CCNCC2)cc1.Cl. The van der Waals surface area contributed by atoms with Gasteiger partial charge in [-0.3, -0.25) is 9.59 Å². The Kier molecular flexibility index (Phi) is 9.88. The van der Waals surface area contributed by atoms with Gasteiger partial charge < -0.3 is 20.4 Å². The van der Waals surface area contributed by atoms with Gasteiger partial charge in [-0.05, 0) is 37.2 Å². The Bertz CT molecular complexity index is 747. The second-order valence-corrected chi connectivity index (χ2v) is 8.76. The molecule has 0 unspecified atom stereocenters. The Morgan fingerprint density at radius 3 is 2.32 bits per heavy atom. The summed E-state index contributed by atoms with van der Waals surface area (Å²) in [5, 5.41) is 6.15. The molecule has 1 aromatic carbocycles. The number of nitrogens with one attached hydrogen (secondary N) is 2. The molecule has 28 heavy (non-hydrogen) atoms. The first-order valence-electron chi connectivity index (χ1n) is 9.04. The number of rotatable bonds is 8. The predicted molar refractivity (Wildman–Crippen MR) is 111 cm³/mol. The van der Waals surface area contributed by atoms with Crippen molar-refractivity contribution in [1.82, 2.24) is 20.4 Å². The lowest BCUT2D eigenvalue weighted by Gasteiger charge is -2.27. The normalized spacial score (nSPS) is 14.8. The number of benzene rings is 1. The van der Waals surface area contributed by atoms with E-state index in [2.05, 4.69) is 15.5 Å². The number of nitrogens with zero attached hydrogens (tertiary/aromatic N) is 2. The third kappa shape index (κ3) is 7.38. The second-order valence-electron chi connectivity index (χ2n) is 6.77. The van der Waals surface area contributed by atoms with E-state index < -0.39 is 21.5 Å². The zero-order chi connectivity index (χ0) is 19.9. The number of hydrogen-bond donors (Lipinski definition) is 2. The maximum atomic E-state index is 12.2. The number of piperazine rings is 1. The highest BCUT2D eigenvalue weighted by Gasteiger charge is 2.20. The monoisotopic (exact) mass is 432 g/mol. The summed E-state index contributed by atoms with van der Waals surface area (Å²) in [4.78, 5) is 27.5. The molecular weight excluding hydrogens is 404 g/mol. The summed E-state index contributed by atoms with van der Waals surface area (Å²) >= 11 is 0. The molecule has 10 heteroatoms. The van der Waals surface area contributed by atoms with Crippen LogP contribution in [0.1, 0.15) is 16.8 Å². The first-order valence-corrected chi connectivity index (χ1v) is 10.7. The van der Waals surface area contributed by atoms with Crippen LogP contribution in [0.25, 0.3) is 0 Å². The summed E-state index contributed by atoms with van der Waals surface area (Å²) < 4.78 is 24.5. The summed E-state index contributed by atoms with van der Waals surface area (Å²) in [6, 6.07) is 5.68. The quantitative estimate of drug-likeness (QED) is 0.561. The summed E-state index contributed by atoms with van der Waals surface area (Å²) in [6.45, 7) is 5.57. The highest BCUT2D eigenvalue weighted by molar-refractivity contribution is 7.92. The van der Waals surface area contributed by atoms with Gasteiger partial charge in [0.05, 0.1) is 4.90 Å². The van der Waals surface area contributed by atoms with Crippen LogP contribution in [0.15, 0.2) is 29.2 Å². The van der Waals surface area contributed by atoms with Crippen LogP contribution in [0.3, 0.4) is 0 Å². The highest BCUT2D eigenvalue weighted by atomic mass is 35.5. The number of halogens is 1. The fourth-order valence-electron chi connectivity index (χ4n) is 2.73. The number of carbonyl (C=O) groups is 2. The Labute approximate surface area is 173 Å². The van der Waals surface area contributed by atoms with Gasteiger partial charge >= 0.3 is 0 Å². The standard InChI is InChI=1S/C18H28N4O4S.ClH/c1-21(2)17(23)14-27(25,26)16-6-4-15(5-7-16)18(24)20-8-3-11-22-12-9-19-10-13-22;/h4-7,19H,3,8-14H2,1-2H3,(H,20,24);1H. The summed E-state index contributed by atoms with van der Waals surface area (Å²) in [6.07, 6.45) is 0.866. The molecule has 1 aliphatic heterocycles. The van der Waals surface area contributed by atoms with Crippen molar-refractivity contribution >= 4 is 34.1 Å². The molecule has 1 fully saturated rings. The van der Waals surface area contributed by atoms with E-state index in [4.69, 9.17) is 0 Å². The molecule has 1 aliphatic rings. The van der Waals surface area contributed by atoms with Crippen LogP contribution in [0.5, 0.6) is 0 Å². The second kappa shape index (κ2) is 11.4. The van der Waals surface area contributed by atoms with Crippen molar-refractivity contribution in [2.45, 2.75) is 11.3 Å². The van der Waals surface area contributed by atoms with Gasteiger partial charge in [0, 0.05) is 52.4 Å². The van der Waals surface area contributed by atoms with E-state index in [9.17, 15) is 18.0 Å². The van der Waals surface area contributed by atoms with Crippen molar-refractivity contribution < 1.29 is 18.0 Å². The lowest BCUT2D eigenvalue weighted by Crippen LogP contribution is -2.44. The number of amides is 2. The van der Waals surface area contributed by atoms with Crippen LogP contribution >= 0.6 is 12.4 Å². The zero-order valence-corrected chi connectivity index (χ0v) is 17.9. The smallest absolute Gasteiger partial charge is 0.251 e. The van der Waals surface area contributed by atoms with E-state index in [0.717, 1.165) is 39.1 Å². The minimum atomic E-state index is -3.71. The summed E-state index contributed by atoms with van der Waals surface area (Å²) in [5.41, 5.74) is 0.398. The summed E-state index contributed by atoms with van der Waals surface area (Å²) in [7, 11) is -0.699. The van der Waals surface area contributed by atoms with Crippen molar-refractivity contribution in [2.24, 2.45) is 0 Å². The van der Waals surface area contributed by atoms with Crippen LogP contribution in [0, 0.1) is 0 Å². The molecule has 2 amide bonds. The molecule has 2 N–H and O–H groups in total. The van der Waals surface area contributed by atoms with Gasteiger partial charge in [-0.1, -0.05) is 0 Å². The zero-order valence-electron chi connectivity index (χ0n) is 16.3. The largest absolute Gasteiger partial charge is 0.352 e. The van der Waals surface area contributed by atoms with Crippen LogP contribution in [-0.2, 0) is 14.6 Å². The average molecular weight is 433 g/mol. The number of hydrogen-bond acceptors (Lipinski definition) is 6. The van der Waals surface area contributed by atoms with E-state index in [1.807, 2.05) is 0 Å². The van der Waals surface area contributed by atoms with Crippen LogP contribution in [0.4, 0.5) is 0 Å². The lowest BCUT2D eigenvalue weighted by molar-refractivity contribution is -0.125. The van der Waals surface area contributed by atoms with E-state index >= 15 is 0 Å². The molecule has 0 atom stereocenters. The Morgan fingerprint density at radius 1 is 1.14 bits per heavy atom. The van der Waals surface area contributed by atoms with Crippen LogP contribution < -0.4 is 10.6 Å². The van der Waals surface area contributed by atoms with Crippen molar-refractivity contribution in [3.63, 3.8) is 0 Å². The number of carbonyl (C=O) groups excluding carboxylic acids is 2. The van der Waals surface area contributed by atoms with Gasteiger partial charge in [0.2, 0.25) is 5.91 Å². The van der Waals surface area contributed by atoms with E-state index in [1.165, 1.54) is 43.3 Å². The predicted octanol–water partition coefficient (Wildman–Crippen LogP) is -0.00460. The molecule has 1 heterocycles. The molecule has 1 saturated heterocycles. The van der Waals surface area contributed by atoms with Crippen molar-refractivity contribution in [3.8, 4) is 0 Å². The summed E-state index contributed by atoms with van der Waals surface area (Å²) in [5.74, 6) is -1.30. The lowest BCUT2D eigenvalue weighted by atomic mass is 10.2. The third-order valence-electron chi connectivity index (χ3n) is 4.43. The minimum absolute atomic E-state index is 0. The van der Waals surface area contributed by atoms with Gasteiger partial charge in [-0.15, -0.1) is 12.4 Å². The molecule has 0 aliphatic carbocycles. The molecule has 158 valence electrons. The minimum Gasteiger partial charge on any atom is -0.352 e. The van der Waals surface area contributed by atoms with Gasteiger partial charge in [-0.2, -0.15) is 0 Å². The molecule has 8 nitrogen and oxygen atoms in total. The fourth-order valence-corrected chi connectivity index (χ4v) is 4.03. The molecule has 0 radical (unpaired) electrons. The highest BCUT2D eigenvalue weighted by Crippen LogP contribution is 2.13. The maximum absolute atomic E-state index is 12.2. The van der Waals surface area contributed by atoms with E-state index in [-0.39, 0.29) is 23.2 Å².